The summed E-state index contributed by atoms with van der Waals surface area (Å²) in [5, 5.41) is 0. The number of rotatable bonds is 4. The van der Waals surface area contributed by atoms with E-state index in [1.165, 1.54) is 11.1 Å². The van der Waals surface area contributed by atoms with Gasteiger partial charge in [0, 0.05) is 5.41 Å². The van der Waals surface area contributed by atoms with Gasteiger partial charge in [-0.2, -0.15) is 0 Å². The smallest absolute Gasteiger partial charge is 0.0585 e. The number of aryl methyl sites for hydroxylation is 1. The second kappa shape index (κ2) is 4.33. The van der Waals surface area contributed by atoms with E-state index in [0.717, 1.165) is 32.6 Å². The van der Waals surface area contributed by atoms with Crippen LogP contribution in [0.15, 0.2) is 24.3 Å². The molecule has 1 aromatic rings. The predicted molar refractivity (Wildman–Crippen MR) is 62.0 cm³/mol. The van der Waals surface area contributed by atoms with E-state index in [1.54, 1.807) is 0 Å². The Morgan fingerprint density at radius 2 is 1.93 bits per heavy atom. The fraction of sp³-hybridized carbons (Fsp3) is 0.538. The van der Waals surface area contributed by atoms with Crippen LogP contribution in [0.3, 0.4) is 0 Å². The van der Waals surface area contributed by atoms with Gasteiger partial charge in [0.2, 0.25) is 0 Å². The zero-order valence-electron chi connectivity index (χ0n) is 9.33. The maximum Gasteiger partial charge on any atom is 0.0585 e. The van der Waals surface area contributed by atoms with Crippen LogP contribution in [0.1, 0.15) is 24.0 Å². The van der Waals surface area contributed by atoms with Crippen molar-refractivity contribution in [2.75, 3.05) is 19.8 Å². The van der Waals surface area contributed by atoms with Crippen molar-refractivity contribution in [1.82, 2.24) is 0 Å². The lowest BCUT2D eigenvalue weighted by Crippen LogP contribution is -2.46. The molecule has 1 fully saturated rings. The highest BCUT2D eigenvalue weighted by atomic mass is 16.5. The topological polar surface area (TPSA) is 35.2 Å². The molecule has 2 rings (SSSR count). The Labute approximate surface area is 91.4 Å². The minimum absolute atomic E-state index is 0.257. The Morgan fingerprint density at radius 3 is 2.40 bits per heavy atom. The number of hydrogen-bond acceptors (Lipinski definition) is 2. The van der Waals surface area contributed by atoms with Crippen LogP contribution < -0.4 is 5.73 Å². The van der Waals surface area contributed by atoms with E-state index in [9.17, 15) is 0 Å². The molecule has 1 aromatic carbocycles. The van der Waals surface area contributed by atoms with Gasteiger partial charge in [-0.25, -0.2) is 0 Å². The molecular weight excluding hydrogens is 186 g/mol. The second-order valence-corrected chi connectivity index (χ2v) is 4.53. The molecule has 0 radical (unpaired) electrons. The van der Waals surface area contributed by atoms with Crippen LogP contribution in [-0.2, 0) is 10.2 Å². The number of ether oxygens (including phenoxy) is 1. The van der Waals surface area contributed by atoms with Crippen molar-refractivity contribution in [2.45, 2.75) is 25.2 Å². The van der Waals surface area contributed by atoms with Crippen LogP contribution in [0.2, 0.25) is 0 Å². The Morgan fingerprint density at radius 1 is 1.27 bits per heavy atom. The minimum Gasteiger partial charge on any atom is -0.379 e. The van der Waals surface area contributed by atoms with Crippen molar-refractivity contribution in [1.29, 1.82) is 0 Å². The molecule has 0 saturated carbocycles. The maximum absolute atomic E-state index is 5.58. The van der Waals surface area contributed by atoms with Crippen LogP contribution in [0.25, 0.3) is 0 Å². The molecule has 2 heteroatoms. The summed E-state index contributed by atoms with van der Waals surface area (Å²) in [6.45, 7) is 4.60. The summed E-state index contributed by atoms with van der Waals surface area (Å²) in [6.07, 6.45) is 2.23. The van der Waals surface area contributed by atoms with Crippen molar-refractivity contribution < 1.29 is 4.74 Å². The van der Waals surface area contributed by atoms with Crippen molar-refractivity contribution in [3.8, 4) is 0 Å². The highest BCUT2D eigenvalue weighted by Gasteiger charge is 2.39. The quantitative estimate of drug-likeness (QED) is 0.816. The molecule has 1 heterocycles. The molecule has 82 valence electrons. The lowest BCUT2D eigenvalue weighted by Gasteiger charge is -2.42. The van der Waals surface area contributed by atoms with Gasteiger partial charge in [0.25, 0.3) is 0 Å². The molecule has 2 nitrogen and oxygen atoms in total. The summed E-state index contributed by atoms with van der Waals surface area (Å²) >= 11 is 0. The summed E-state index contributed by atoms with van der Waals surface area (Å²) in [5.41, 5.74) is 8.56. The molecule has 2 N–H and O–H groups in total. The first kappa shape index (κ1) is 10.7. The number of benzene rings is 1. The Hall–Kier alpha value is -0.860. The van der Waals surface area contributed by atoms with E-state index in [-0.39, 0.29) is 5.41 Å². The summed E-state index contributed by atoms with van der Waals surface area (Å²) in [6, 6.07) is 8.82. The van der Waals surface area contributed by atoms with Gasteiger partial charge < -0.3 is 10.5 Å². The third-order valence-electron chi connectivity index (χ3n) is 3.28. The predicted octanol–water partition coefficient (Wildman–Crippen LogP) is 2.00. The Balaban J connectivity index is 2.14. The minimum atomic E-state index is 0.257. The van der Waals surface area contributed by atoms with Gasteiger partial charge in [0.1, 0.15) is 0 Å². The summed E-state index contributed by atoms with van der Waals surface area (Å²) in [4.78, 5) is 0. The Kier molecular flexibility index (Phi) is 3.08. The van der Waals surface area contributed by atoms with Crippen LogP contribution in [0.5, 0.6) is 0 Å². The van der Waals surface area contributed by atoms with E-state index in [4.69, 9.17) is 10.5 Å². The van der Waals surface area contributed by atoms with Crippen molar-refractivity contribution >= 4 is 0 Å². The molecule has 0 bridgehead atoms. The third-order valence-corrected chi connectivity index (χ3v) is 3.28. The molecule has 0 amide bonds. The maximum atomic E-state index is 5.58. The summed E-state index contributed by atoms with van der Waals surface area (Å²) in [7, 11) is 0. The molecule has 0 unspecified atom stereocenters. The molecular formula is C13H19NO. The highest BCUT2D eigenvalue weighted by molar-refractivity contribution is 5.30. The molecule has 1 saturated heterocycles. The lowest BCUT2D eigenvalue weighted by molar-refractivity contribution is -0.0649. The van der Waals surface area contributed by atoms with Gasteiger partial charge in [-0.05, 0) is 31.9 Å². The molecule has 1 aliphatic rings. The Bertz CT molecular complexity index is 314. The third kappa shape index (κ3) is 2.06. The van der Waals surface area contributed by atoms with E-state index in [1.807, 2.05) is 0 Å². The van der Waals surface area contributed by atoms with Crippen LogP contribution in [0.4, 0.5) is 0 Å². The molecule has 0 aromatic heterocycles. The van der Waals surface area contributed by atoms with E-state index in [2.05, 4.69) is 31.2 Å². The average molecular weight is 205 g/mol. The molecule has 15 heavy (non-hydrogen) atoms. The van der Waals surface area contributed by atoms with Gasteiger partial charge in [-0.15, -0.1) is 0 Å². The number of nitrogens with two attached hydrogens (primary N) is 1. The van der Waals surface area contributed by atoms with Crippen molar-refractivity contribution in [3.63, 3.8) is 0 Å². The van der Waals surface area contributed by atoms with Gasteiger partial charge in [0.05, 0.1) is 13.2 Å². The fourth-order valence-electron chi connectivity index (χ4n) is 2.15. The van der Waals surface area contributed by atoms with E-state index >= 15 is 0 Å². The summed E-state index contributed by atoms with van der Waals surface area (Å²) in [5.74, 6) is 0. The molecule has 0 spiro atoms. The zero-order chi connectivity index (χ0) is 10.7. The van der Waals surface area contributed by atoms with Gasteiger partial charge >= 0.3 is 0 Å². The molecule has 0 atom stereocenters. The lowest BCUT2D eigenvalue weighted by atomic mass is 9.75. The average Bonchev–Trinajstić information content (AvgIpc) is 2.19. The zero-order valence-corrected chi connectivity index (χ0v) is 9.33. The fourth-order valence-corrected chi connectivity index (χ4v) is 2.15. The van der Waals surface area contributed by atoms with Crippen LogP contribution >= 0.6 is 0 Å². The normalized spacial score (nSPS) is 18.5. The summed E-state index contributed by atoms with van der Waals surface area (Å²) < 4.78 is 5.38. The van der Waals surface area contributed by atoms with E-state index in [0.29, 0.717) is 0 Å². The van der Waals surface area contributed by atoms with Crippen molar-refractivity contribution in [2.24, 2.45) is 5.73 Å². The second-order valence-electron chi connectivity index (χ2n) is 4.53. The first-order valence-corrected chi connectivity index (χ1v) is 5.62. The largest absolute Gasteiger partial charge is 0.379 e. The van der Waals surface area contributed by atoms with Gasteiger partial charge in [-0.1, -0.05) is 29.8 Å². The van der Waals surface area contributed by atoms with Crippen LogP contribution in [0, 0.1) is 6.92 Å². The number of hydrogen-bond donors (Lipinski definition) is 1. The van der Waals surface area contributed by atoms with Crippen molar-refractivity contribution in [3.05, 3.63) is 35.4 Å². The standard InChI is InChI=1S/C13H19NO/c1-11-3-5-12(6-4-11)13(7-2-8-14)9-15-10-13/h3-6H,2,7-10,14H2,1H3. The molecule has 0 aliphatic carbocycles. The first-order valence-electron chi connectivity index (χ1n) is 5.62. The van der Waals surface area contributed by atoms with Gasteiger partial charge in [0.15, 0.2) is 0 Å². The monoisotopic (exact) mass is 205 g/mol. The van der Waals surface area contributed by atoms with Gasteiger partial charge in [-0.3, -0.25) is 0 Å². The van der Waals surface area contributed by atoms with Crippen LogP contribution in [-0.4, -0.2) is 19.8 Å². The first-order chi connectivity index (χ1) is 7.27. The van der Waals surface area contributed by atoms with E-state index < -0.39 is 0 Å². The highest BCUT2D eigenvalue weighted by Crippen LogP contribution is 2.36. The molecule has 1 aliphatic heterocycles. The SMILES string of the molecule is Cc1ccc(C2(CCCN)COC2)cc1.